The fraction of sp³-hybridized carbons (Fsp3) is 0.360. The Labute approximate surface area is 173 Å². The van der Waals surface area contributed by atoms with Crippen LogP contribution in [0.4, 0.5) is 5.69 Å². The predicted octanol–water partition coefficient (Wildman–Crippen LogP) is 5.14. The van der Waals surface area contributed by atoms with E-state index in [-0.39, 0.29) is 23.1 Å². The van der Waals surface area contributed by atoms with Gasteiger partial charge in [0.05, 0.1) is 5.57 Å². The maximum atomic E-state index is 13.1. The van der Waals surface area contributed by atoms with E-state index in [9.17, 15) is 9.59 Å². The Hall–Kier alpha value is -2.88. The van der Waals surface area contributed by atoms with Gasteiger partial charge in [-0.15, -0.1) is 0 Å². The molecular weight excluding hydrogens is 360 g/mol. The van der Waals surface area contributed by atoms with Crippen molar-refractivity contribution < 1.29 is 9.59 Å². The lowest BCUT2D eigenvalue weighted by Crippen LogP contribution is -2.35. The summed E-state index contributed by atoms with van der Waals surface area (Å²) in [4.78, 5) is 27.6. The van der Waals surface area contributed by atoms with Crippen molar-refractivity contribution in [3.05, 3.63) is 70.9 Å². The van der Waals surface area contributed by atoms with Gasteiger partial charge < -0.3 is 5.32 Å². The fourth-order valence-corrected chi connectivity index (χ4v) is 3.41. The summed E-state index contributed by atoms with van der Waals surface area (Å²) in [5.41, 5.74) is 4.72. The number of nitrogens with zero attached hydrogens (tertiary/aromatic N) is 1. The van der Waals surface area contributed by atoms with E-state index >= 15 is 0 Å². The molecule has 0 unspecified atom stereocenters. The van der Waals surface area contributed by atoms with Gasteiger partial charge in [0.1, 0.15) is 5.70 Å². The Kier molecular flexibility index (Phi) is 5.65. The minimum Gasteiger partial charge on any atom is -0.350 e. The van der Waals surface area contributed by atoms with Gasteiger partial charge in [0.25, 0.3) is 11.8 Å². The Morgan fingerprint density at radius 3 is 2.00 bits per heavy atom. The molecule has 4 nitrogen and oxygen atoms in total. The van der Waals surface area contributed by atoms with Crippen LogP contribution in [0.2, 0.25) is 0 Å². The number of rotatable bonds is 5. The minimum absolute atomic E-state index is 0.0536. The lowest BCUT2D eigenvalue weighted by atomic mass is 9.87. The Balaban J connectivity index is 2.01. The smallest absolute Gasteiger partial charge is 0.278 e. The summed E-state index contributed by atoms with van der Waals surface area (Å²) in [5.74, 6) is -0.298. The van der Waals surface area contributed by atoms with Gasteiger partial charge in [0.2, 0.25) is 0 Å². The van der Waals surface area contributed by atoms with Crippen molar-refractivity contribution in [1.82, 2.24) is 4.90 Å². The SMILES string of the molecule is Cc1ccc(C2=C(Nc3ccc(C(C)(C)C)cc3)C(=O)N(CC(C)C)C2=O)cc1. The molecule has 0 saturated carbocycles. The molecule has 0 fully saturated rings. The first-order valence-electron chi connectivity index (χ1n) is 10.1. The molecule has 4 heteroatoms. The molecule has 152 valence electrons. The number of aryl methyl sites for hydroxylation is 1. The minimum atomic E-state index is -0.265. The predicted molar refractivity (Wildman–Crippen MR) is 118 cm³/mol. The van der Waals surface area contributed by atoms with Crippen molar-refractivity contribution in [2.24, 2.45) is 5.92 Å². The highest BCUT2D eigenvalue weighted by molar-refractivity contribution is 6.36. The van der Waals surface area contributed by atoms with E-state index in [1.807, 2.05) is 57.2 Å². The average molecular weight is 391 g/mol. The summed E-state index contributed by atoms with van der Waals surface area (Å²) < 4.78 is 0. The van der Waals surface area contributed by atoms with E-state index in [1.54, 1.807) is 0 Å². The molecule has 0 aromatic heterocycles. The van der Waals surface area contributed by atoms with Crippen LogP contribution in [0, 0.1) is 12.8 Å². The second-order valence-electron chi connectivity index (χ2n) is 9.18. The molecule has 2 aromatic rings. The first kappa shape index (κ1) is 20.8. The second-order valence-corrected chi connectivity index (χ2v) is 9.18. The van der Waals surface area contributed by atoms with E-state index in [4.69, 9.17) is 0 Å². The van der Waals surface area contributed by atoms with Crippen LogP contribution in [0.15, 0.2) is 54.2 Å². The molecule has 0 bridgehead atoms. The van der Waals surface area contributed by atoms with E-state index in [2.05, 4.69) is 38.2 Å². The van der Waals surface area contributed by atoms with Crippen LogP contribution in [0.1, 0.15) is 51.3 Å². The second kappa shape index (κ2) is 7.86. The van der Waals surface area contributed by atoms with Gasteiger partial charge in [-0.3, -0.25) is 14.5 Å². The molecule has 0 spiro atoms. The maximum Gasteiger partial charge on any atom is 0.278 e. The maximum absolute atomic E-state index is 13.1. The molecule has 1 aliphatic heterocycles. The quantitative estimate of drug-likeness (QED) is 0.719. The third-order valence-corrected chi connectivity index (χ3v) is 5.08. The fourth-order valence-electron chi connectivity index (χ4n) is 3.41. The zero-order valence-corrected chi connectivity index (χ0v) is 18.2. The summed E-state index contributed by atoms with van der Waals surface area (Å²) in [6.07, 6.45) is 0. The summed E-state index contributed by atoms with van der Waals surface area (Å²) in [6.45, 7) is 12.9. The van der Waals surface area contributed by atoms with Crippen LogP contribution in [0.25, 0.3) is 5.57 Å². The summed E-state index contributed by atoms with van der Waals surface area (Å²) >= 11 is 0. The van der Waals surface area contributed by atoms with Crippen molar-refractivity contribution in [1.29, 1.82) is 0 Å². The average Bonchev–Trinajstić information content (AvgIpc) is 2.86. The van der Waals surface area contributed by atoms with Gasteiger partial charge in [0, 0.05) is 12.2 Å². The number of imide groups is 1. The van der Waals surface area contributed by atoms with Gasteiger partial charge >= 0.3 is 0 Å². The first-order chi connectivity index (χ1) is 13.6. The number of hydrogen-bond acceptors (Lipinski definition) is 3. The monoisotopic (exact) mass is 390 g/mol. The molecular formula is C25H30N2O2. The largest absolute Gasteiger partial charge is 0.350 e. The summed E-state index contributed by atoms with van der Waals surface area (Å²) in [5, 5.41) is 3.23. The van der Waals surface area contributed by atoms with Gasteiger partial charge in [-0.2, -0.15) is 0 Å². The standard InChI is InChI=1S/C25H30N2O2/c1-16(2)15-27-23(28)21(18-9-7-17(3)8-10-18)22(24(27)29)26-20-13-11-19(12-14-20)25(4,5)6/h7-14,16,26H,15H2,1-6H3. The molecule has 1 N–H and O–H groups in total. The number of carbonyl (C=O) groups is 2. The molecule has 0 atom stereocenters. The third-order valence-electron chi connectivity index (χ3n) is 5.08. The Morgan fingerprint density at radius 1 is 0.897 bits per heavy atom. The molecule has 3 rings (SSSR count). The molecule has 0 aliphatic carbocycles. The number of benzene rings is 2. The molecule has 1 aliphatic rings. The zero-order chi connectivity index (χ0) is 21.3. The third kappa shape index (κ3) is 4.42. The summed E-state index contributed by atoms with van der Waals surface area (Å²) in [6, 6.07) is 15.8. The number of amides is 2. The van der Waals surface area contributed by atoms with Crippen LogP contribution in [0.3, 0.4) is 0 Å². The van der Waals surface area contributed by atoms with Crippen molar-refractivity contribution in [2.45, 2.75) is 47.0 Å². The Bertz CT molecular complexity index is 946. The van der Waals surface area contributed by atoms with E-state index in [0.29, 0.717) is 17.8 Å². The molecule has 1 heterocycles. The lowest BCUT2D eigenvalue weighted by molar-refractivity contribution is -0.137. The topological polar surface area (TPSA) is 49.4 Å². The summed E-state index contributed by atoms with van der Waals surface area (Å²) in [7, 11) is 0. The van der Waals surface area contributed by atoms with E-state index in [0.717, 1.165) is 16.8 Å². The van der Waals surface area contributed by atoms with Gasteiger partial charge in [0.15, 0.2) is 0 Å². The Morgan fingerprint density at radius 2 is 1.48 bits per heavy atom. The molecule has 2 aromatic carbocycles. The molecule has 29 heavy (non-hydrogen) atoms. The zero-order valence-electron chi connectivity index (χ0n) is 18.2. The van der Waals surface area contributed by atoms with E-state index < -0.39 is 0 Å². The van der Waals surface area contributed by atoms with Crippen molar-refractivity contribution in [2.75, 3.05) is 11.9 Å². The van der Waals surface area contributed by atoms with Crippen molar-refractivity contribution in [3.63, 3.8) is 0 Å². The van der Waals surface area contributed by atoms with Crippen molar-refractivity contribution >= 4 is 23.1 Å². The molecule has 2 amide bonds. The van der Waals surface area contributed by atoms with Crippen molar-refractivity contribution in [3.8, 4) is 0 Å². The number of hydrogen-bond donors (Lipinski definition) is 1. The van der Waals surface area contributed by atoms with Gasteiger partial charge in [-0.05, 0) is 41.5 Å². The van der Waals surface area contributed by atoms with E-state index in [1.165, 1.54) is 10.5 Å². The highest BCUT2D eigenvalue weighted by Gasteiger charge is 2.39. The number of anilines is 1. The van der Waals surface area contributed by atoms with Crippen LogP contribution in [-0.2, 0) is 15.0 Å². The van der Waals surface area contributed by atoms with Crippen LogP contribution >= 0.6 is 0 Å². The van der Waals surface area contributed by atoms with Gasteiger partial charge in [-0.1, -0.05) is 76.6 Å². The normalized spacial score (nSPS) is 14.9. The molecule has 0 radical (unpaired) electrons. The molecule has 0 saturated heterocycles. The number of carbonyl (C=O) groups excluding carboxylic acids is 2. The highest BCUT2D eigenvalue weighted by Crippen LogP contribution is 2.32. The van der Waals surface area contributed by atoms with Crippen LogP contribution in [0.5, 0.6) is 0 Å². The van der Waals surface area contributed by atoms with Crippen LogP contribution < -0.4 is 5.32 Å². The van der Waals surface area contributed by atoms with Crippen LogP contribution in [-0.4, -0.2) is 23.3 Å². The number of nitrogens with one attached hydrogen (secondary N) is 1. The lowest BCUT2D eigenvalue weighted by Gasteiger charge is -2.19. The van der Waals surface area contributed by atoms with Gasteiger partial charge in [-0.25, -0.2) is 0 Å². The first-order valence-corrected chi connectivity index (χ1v) is 10.1. The highest BCUT2D eigenvalue weighted by atomic mass is 16.2.